The molecule has 0 aliphatic carbocycles. The Morgan fingerprint density at radius 3 is 2.45 bits per heavy atom. The number of benzene rings is 3. The summed E-state index contributed by atoms with van der Waals surface area (Å²) in [6, 6.07) is 18.4. The monoisotopic (exact) mass is 517 g/mol. The Kier molecular flexibility index (Phi) is 7.76. The maximum absolute atomic E-state index is 13.8. The number of aldehydes is 1. The van der Waals surface area contributed by atoms with Gasteiger partial charge in [0.15, 0.2) is 12.0 Å². The number of nitrogens with zero attached hydrogens (tertiary/aromatic N) is 1. The molecule has 0 aromatic heterocycles. The number of amides is 1. The number of esters is 2. The Hall–Kier alpha value is -4.66. The minimum absolute atomic E-state index is 0.0299. The first kappa shape index (κ1) is 26.4. The van der Waals surface area contributed by atoms with Crippen molar-refractivity contribution in [3.05, 3.63) is 83.4 Å². The third-order valence-electron chi connectivity index (χ3n) is 5.38. The number of rotatable bonds is 8. The summed E-state index contributed by atoms with van der Waals surface area (Å²) in [5.41, 5.74) is 0.396. The largest absolute Gasteiger partial charge is 0.485 e. The molecule has 0 saturated carbocycles. The Balaban J connectivity index is 1.71. The van der Waals surface area contributed by atoms with Crippen LogP contribution in [-0.2, 0) is 25.7 Å². The van der Waals surface area contributed by atoms with Gasteiger partial charge in [-0.1, -0.05) is 36.4 Å². The van der Waals surface area contributed by atoms with Gasteiger partial charge in [-0.3, -0.25) is 19.3 Å². The molecule has 9 heteroatoms. The van der Waals surface area contributed by atoms with Crippen LogP contribution in [-0.4, -0.2) is 42.9 Å². The van der Waals surface area contributed by atoms with Crippen LogP contribution in [0.5, 0.6) is 17.2 Å². The Morgan fingerprint density at radius 1 is 0.974 bits per heavy atom. The second kappa shape index (κ2) is 11.2. The highest BCUT2D eigenvalue weighted by Gasteiger charge is 2.34. The van der Waals surface area contributed by atoms with Crippen molar-refractivity contribution in [2.75, 3.05) is 18.1 Å². The van der Waals surface area contributed by atoms with Gasteiger partial charge in [-0.15, -0.1) is 0 Å². The molecule has 1 aliphatic rings. The predicted octanol–water partition coefficient (Wildman–Crippen LogP) is 4.72. The fraction of sp³-hybridized carbons (Fsp3) is 0.241. The van der Waals surface area contributed by atoms with Gasteiger partial charge in [-0.05, 0) is 56.7 Å². The molecular formula is C29H27NO8. The van der Waals surface area contributed by atoms with Crippen LogP contribution in [0.1, 0.15) is 47.1 Å². The van der Waals surface area contributed by atoms with Crippen molar-refractivity contribution >= 4 is 29.8 Å². The van der Waals surface area contributed by atoms with E-state index in [9.17, 15) is 19.2 Å². The standard InChI is InChI=1S/C29H27NO8/c1-29(2,3)38-25(32)17-30-21-16-20(28(34)36-18-19-8-5-4-6-9-19)12-13-22(21)37-24-11-7-10-23(35-15-14-31)26(24)27(30)33/h4-14,16H,15,17-18H2,1-3H3. The van der Waals surface area contributed by atoms with Crippen molar-refractivity contribution in [2.24, 2.45) is 0 Å². The molecule has 0 radical (unpaired) electrons. The van der Waals surface area contributed by atoms with Gasteiger partial charge in [0.05, 0.1) is 11.3 Å². The number of ether oxygens (including phenoxy) is 4. The second-order valence-electron chi connectivity index (χ2n) is 9.43. The molecule has 0 fully saturated rings. The highest BCUT2D eigenvalue weighted by Crippen LogP contribution is 2.42. The number of anilines is 1. The lowest BCUT2D eigenvalue weighted by atomic mass is 10.1. The minimum atomic E-state index is -0.787. The average molecular weight is 518 g/mol. The molecule has 9 nitrogen and oxygen atoms in total. The van der Waals surface area contributed by atoms with Gasteiger partial charge < -0.3 is 18.9 Å². The lowest BCUT2D eigenvalue weighted by molar-refractivity contribution is -0.152. The molecule has 38 heavy (non-hydrogen) atoms. The lowest BCUT2D eigenvalue weighted by Gasteiger charge is -2.25. The molecular weight excluding hydrogens is 490 g/mol. The molecule has 0 unspecified atom stereocenters. The lowest BCUT2D eigenvalue weighted by Crippen LogP contribution is -2.38. The third-order valence-corrected chi connectivity index (χ3v) is 5.38. The van der Waals surface area contributed by atoms with E-state index in [1.54, 1.807) is 32.9 Å². The average Bonchev–Trinajstić information content (AvgIpc) is 2.99. The van der Waals surface area contributed by atoms with Crippen molar-refractivity contribution in [1.82, 2.24) is 0 Å². The summed E-state index contributed by atoms with van der Waals surface area (Å²) >= 11 is 0. The SMILES string of the molecule is CC(C)(C)OC(=O)CN1C(=O)c2c(OCC=O)cccc2Oc2ccc(C(=O)OCc3ccccc3)cc21. The van der Waals surface area contributed by atoms with Crippen LogP contribution in [0.25, 0.3) is 0 Å². The number of carbonyl (C=O) groups excluding carboxylic acids is 4. The Morgan fingerprint density at radius 2 is 1.74 bits per heavy atom. The van der Waals surface area contributed by atoms with E-state index in [0.29, 0.717) is 6.29 Å². The fourth-order valence-corrected chi connectivity index (χ4v) is 3.82. The normalized spacial score (nSPS) is 12.4. The van der Waals surface area contributed by atoms with Gasteiger partial charge in [-0.2, -0.15) is 0 Å². The highest BCUT2D eigenvalue weighted by atomic mass is 16.6. The first-order chi connectivity index (χ1) is 18.2. The quantitative estimate of drug-likeness (QED) is 0.312. The van der Waals surface area contributed by atoms with Crippen molar-refractivity contribution in [3.8, 4) is 17.2 Å². The topological polar surface area (TPSA) is 108 Å². The zero-order chi connectivity index (χ0) is 27.3. The molecule has 0 bridgehead atoms. The van der Waals surface area contributed by atoms with Crippen molar-refractivity contribution in [3.63, 3.8) is 0 Å². The highest BCUT2D eigenvalue weighted by molar-refractivity contribution is 6.13. The molecule has 3 aromatic carbocycles. The summed E-state index contributed by atoms with van der Waals surface area (Å²) in [7, 11) is 0. The van der Waals surface area contributed by atoms with E-state index >= 15 is 0 Å². The molecule has 1 aliphatic heterocycles. The van der Waals surface area contributed by atoms with Crippen LogP contribution < -0.4 is 14.4 Å². The Labute approximate surface area is 219 Å². The van der Waals surface area contributed by atoms with E-state index in [1.165, 1.54) is 24.3 Å². The zero-order valence-corrected chi connectivity index (χ0v) is 21.3. The molecule has 4 rings (SSSR count). The van der Waals surface area contributed by atoms with E-state index in [-0.39, 0.29) is 47.3 Å². The molecule has 0 N–H and O–H groups in total. The smallest absolute Gasteiger partial charge is 0.338 e. The van der Waals surface area contributed by atoms with Crippen LogP contribution in [0.15, 0.2) is 66.7 Å². The first-order valence-corrected chi connectivity index (χ1v) is 11.9. The number of hydrogen-bond acceptors (Lipinski definition) is 8. The first-order valence-electron chi connectivity index (χ1n) is 11.9. The maximum atomic E-state index is 13.8. The second-order valence-corrected chi connectivity index (χ2v) is 9.43. The number of carbonyl (C=O) groups is 4. The van der Waals surface area contributed by atoms with E-state index in [1.807, 2.05) is 30.3 Å². The molecule has 0 spiro atoms. The Bertz CT molecular complexity index is 1360. The van der Waals surface area contributed by atoms with Gasteiger partial charge in [0.2, 0.25) is 0 Å². The van der Waals surface area contributed by atoms with E-state index in [0.717, 1.165) is 10.5 Å². The summed E-state index contributed by atoms with van der Waals surface area (Å²) in [5.74, 6) is -1.38. The van der Waals surface area contributed by atoms with Crippen molar-refractivity contribution < 1.29 is 38.1 Å². The van der Waals surface area contributed by atoms with Crippen molar-refractivity contribution in [2.45, 2.75) is 33.0 Å². The summed E-state index contributed by atoms with van der Waals surface area (Å²) in [4.78, 5) is 51.6. The van der Waals surface area contributed by atoms with Crippen LogP contribution in [0.2, 0.25) is 0 Å². The van der Waals surface area contributed by atoms with Gasteiger partial charge in [-0.25, -0.2) is 4.79 Å². The van der Waals surface area contributed by atoms with Gasteiger partial charge in [0, 0.05) is 0 Å². The van der Waals surface area contributed by atoms with Gasteiger partial charge in [0.1, 0.15) is 42.4 Å². The molecule has 1 heterocycles. The molecule has 0 saturated heterocycles. The summed E-state index contributed by atoms with van der Waals surface area (Å²) in [5, 5.41) is 0. The van der Waals surface area contributed by atoms with Crippen LogP contribution >= 0.6 is 0 Å². The van der Waals surface area contributed by atoms with Crippen molar-refractivity contribution in [1.29, 1.82) is 0 Å². The van der Waals surface area contributed by atoms with E-state index < -0.39 is 30.0 Å². The molecule has 3 aromatic rings. The van der Waals surface area contributed by atoms with E-state index in [4.69, 9.17) is 18.9 Å². The van der Waals surface area contributed by atoms with Gasteiger partial charge >= 0.3 is 11.9 Å². The third kappa shape index (κ3) is 6.18. The molecule has 196 valence electrons. The summed E-state index contributed by atoms with van der Waals surface area (Å²) in [6.45, 7) is 4.47. The van der Waals surface area contributed by atoms with Crippen LogP contribution in [0, 0.1) is 0 Å². The van der Waals surface area contributed by atoms with Crippen LogP contribution in [0.3, 0.4) is 0 Å². The minimum Gasteiger partial charge on any atom is -0.485 e. The summed E-state index contributed by atoms with van der Waals surface area (Å²) < 4.78 is 22.4. The molecule has 0 atom stereocenters. The predicted molar refractivity (Wildman–Crippen MR) is 138 cm³/mol. The fourth-order valence-electron chi connectivity index (χ4n) is 3.82. The number of fused-ring (bicyclic) bond motifs is 2. The number of hydrogen-bond donors (Lipinski definition) is 0. The van der Waals surface area contributed by atoms with Crippen LogP contribution in [0.4, 0.5) is 5.69 Å². The molecule has 1 amide bonds. The maximum Gasteiger partial charge on any atom is 0.338 e. The van der Waals surface area contributed by atoms with Gasteiger partial charge in [0.25, 0.3) is 5.91 Å². The zero-order valence-electron chi connectivity index (χ0n) is 21.3. The summed E-state index contributed by atoms with van der Waals surface area (Å²) in [6.07, 6.45) is 0.558. The van der Waals surface area contributed by atoms with E-state index in [2.05, 4.69) is 0 Å².